The first-order chi connectivity index (χ1) is 9.72. The molecule has 1 saturated carbocycles. The van der Waals surface area contributed by atoms with Crippen molar-refractivity contribution in [1.82, 2.24) is 10.2 Å². The van der Waals surface area contributed by atoms with E-state index in [1.54, 1.807) is 0 Å². The fraction of sp³-hybridized carbons (Fsp3) is 0.375. The number of aromatic nitrogens is 2. The van der Waals surface area contributed by atoms with Crippen LogP contribution in [0.2, 0.25) is 0 Å². The molecule has 1 fully saturated rings. The molecule has 0 aliphatic heterocycles. The van der Waals surface area contributed by atoms with Crippen LogP contribution < -0.4 is 5.32 Å². The van der Waals surface area contributed by atoms with Crippen LogP contribution in [0.25, 0.3) is 11.3 Å². The summed E-state index contributed by atoms with van der Waals surface area (Å²) in [4.78, 5) is 12.0. The number of hydrogen-bond acceptors (Lipinski definition) is 2. The van der Waals surface area contributed by atoms with E-state index < -0.39 is 0 Å². The molecular formula is C16H19N3O. The third-order valence-electron chi connectivity index (χ3n) is 3.88. The second-order valence-electron chi connectivity index (χ2n) is 5.48. The highest BCUT2D eigenvalue weighted by molar-refractivity contribution is 5.92. The van der Waals surface area contributed by atoms with Crippen molar-refractivity contribution in [3.63, 3.8) is 0 Å². The standard InChI is InChI=1S/C16H19N3O/c1-11-10-15(19-18-11)12-6-8-14(9-7-12)17-16(20)13-4-2-3-5-13/h6-10,13H,2-5H2,1H3,(H,17,20)(H,18,19). The van der Waals surface area contributed by atoms with E-state index in [0.717, 1.165) is 35.5 Å². The maximum Gasteiger partial charge on any atom is 0.227 e. The van der Waals surface area contributed by atoms with Gasteiger partial charge >= 0.3 is 0 Å². The highest BCUT2D eigenvalue weighted by Gasteiger charge is 2.22. The highest BCUT2D eigenvalue weighted by atomic mass is 16.1. The fourth-order valence-electron chi connectivity index (χ4n) is 2.72. The van der Waals surface area contributed by atoms with Crippen molar-refractivity contribution in [3.05, 3.63) is 36.0 Å². The molecule has 1 aliphatic rings. The van der Waals surface area contributed by atoms with Gasteiger partial charge in [0.25, 0.3) is 0 Å². The Kier molecular flexibility index (Phi) is 3.54. The van der Waals surface area contributed by atoms with Crippen LogP contribution in [0, 0.1) is 12.8 Å². The summed E-state index contributed by atoms with van der Waals surface area (Å²) in [5, 5.41) is 10.2. The quantitative estimate of drug-likeness (QED) is 0.895. The normalized spacial score (nSPS) is 15.4. The summed E-state index contributed by atoms with van der Waals surface area (Å²) >= 11 is 0. The van der Waals surface area contributed by atoms with Crippen molar-refractivity contribution in [2.24, 2.45) is 5.92 Å². The second kappa shape index (κ2) is 5.49. The summed E-state index contributed by atoms with van der Waals surface area (Å²) in [6, 6.07) is 9.85. The minimum atomic E-state index is 0.158. The van der Waals surface area contributed by atoms with Crippen LogP contribution in [-0.4, -0.2) is 16.1 Å². The van der Waals surface area contributed by atoms with Gasteiger partial charge in [-0.1, -0.05) is 25.0 Å². The minimum absolute atomic E-state index is 0.158. The third kappa shape index (κ3) is 2.74. The Bertz CT molecular complexity index is 594. The van der Waals surface area contributed by atoms with Gasteiger partial charge in [-0.2, -0.15) is 5.10 Å². The lowest BCUT2D eigenvalue weighted by atomic mass is 10.1. The molecule has 3 rings (SSSR count). The van der Waals surface area contributed by atoms with E-state index in [0.29, 0.717) is 0 Å². The molecule has 2 N–H and O–H groups in total. The second-order valence-corrected chi connectivity index (χ2v) is 5.48. The fourth-order valence-corrected chi connectivity index (χ4v) is 2.72. The zero-order valence-corrected chi connectivity index (χ0v) is 11.6. The predicted octanol–water partition coefficient (Wildman–Crippen LogP) is 3.51. The van der Waals surface area contributed by atoms with E-state index in [2.05, 4.69) is 15.5 Å². The maximum atomic E-state index is 12.0. The van der Waals surface area contributed by atoms with Crippen molar-refractivity contribution in [2.75, 3.05) is 5.32 Å². The van der Waals surface area contributed by atoms with Gasteiger partial charge in [0.1, 0.15) is 0 Å². The van der Waals surface area contributed by atoms with Gasteiger partial charge in [-0.25, -0.2) is 0 Å². The van der Waals surface area contributed by atoms with Crippen molar-refractivity contribution >= 4 is 11.6 Å². The van der Waals surface area contributed by atoms with Gasteiger partial charge in [0.15, 0.2) is 0 Å². The van der Waals surface area contributed by atoms with Gasteiger partial charge in [-0.15, -0.1) is 0 Å². The SMILES string of the molecule is Cc1cc(-c2ccc(NC(=O)C3CCCC3)cc2)n[nH]1. The molecule has 0 radical (unpaired) electrons. The number of hydrogen-bond donors (Lipinski definition) is 2. The van der Waals surface area contributed by atoms with Crippen molar-refractivity contribution in [3.8, 4) is 11.3 Å². The van der Waals surface area contributed by atoms with Crippen molar-refractivity contribution in [2.45, 2.75) is 32.6 Å². The van der Waals surface area contributed by atoms with E-state index in [-0.39, 0.29) is 11.8 Å². The smallest absolute Gasteiger partial charge is 0.227 e. The van der Waals surface area contributed by atoms with Crippen LogP contribution in [-0.2, 0) is 4.79 Å². The highest BCUT2D eigenvalue weighted by Crippen LogP contribution is 2.26. The van der Waals surface area contributed by atoms with E-state index in [1.807, 2.05) is 37.3 Å². The molecule has 1 aromatic heterocycles. The lowest BCUT2D eigenvalue weighted by molar-refractivity contribution is -0.119. The molecule has 1 heterocycles. The molecule has 0 saturated heterocycles. The zero-order valence-electron chi connectivity index (χ0n) is 11.6. The molecule has 0 spiro atoms. The summed E-state index contributed by atoms with van der Waals surface area (Å²) in [5.41, 5.74) is 3.88. The van der Waals surface area contributed by atoms with E-state index in [4.69, 9.17) is 0 Å². The molecule has 0 atom stereocenters. The lowest BCUT2D eigenvalue weighted by Gasteiger charge is -2.10. The summed E-state index contributed by atoms with van der Waals surface area (Å²) in [6.45, 7) is 1.98. The number of H-pyrrole nitrogens is 1. The number of anilines is 1. The number of carbonyl (C=O) groups is 1. The Labute approximate surface area is 118 Å². The summed E-state index contributed by atoms with van der Waals surface area (Å²) < 4.78 is 0. The largest absolute Gasteiger partial charge is 0.326 e. The third-order valence-corrected chi connectivity index (χ3v) is 3.88. The number of aromatic amines is 1. The van der Waals surface area contributed by atoms with Crippen molar-refractivity contribution < 1.29 is 4.79 Å². The summed E-state index contributed by atoms with van der Waals surface area (Å²) in [7, 11) is 0. The number of benzene rings is 1. The molecule has 4 heteroatoms. The maximum absolute atomic E-state index is 12.0. The first-order valence-corrected chi connectivity index (χ1v) is 7.16. The Hall–Kier alpha value is -2.10. The molecule has 2 aromatic rings. The predicted molar refractivity (Wildman–Crippen MR) is 79.3 cm³/mol. The molecule has 1 amide bonds. The Morgan fingerprint density at radius 1 is 1.25 bits per heavy atom. The van der Waals surface area contributed by atoms with Crippen molar-refractivity contribution in [1.29, 1.82) is 0 Å². The molecule has 1 aliphatic carbocycles. The number of amides is 1. The molecular weight excluding hydrogens is 250 g/mol. The Balaban J connectivity index is 1.68. The number of nitrogens with zero attached hydrogens (tertiary/aromatic N) is 1. The molecule has 20 heavy (non-hydrogen) atoms. The minimum Gasteiger partial charge on any atom is -0.326 e. The molecule has 104 valence electrons. The number of carbonyl (C=O) groups excluding carboxylic acids is 1. The monoisotopic (exact) mass is 269 g/mol. The lowest BCUT2D eigenvalue weighted by Crippen LogP contribution is -2.20. The average Bonchev–Trinajstić information content (AvgIpc) is 3.10. The topological polar surface area (TPSA) is 57.8 Å². The molecule has 4 nitrogen and oxygen atoms in total. The average molecular weight is 269 g/mol. The molecule has 0 unspecified atom stereocenters. The number of nitrogens with one attached hydrogen (secondary N) is 2. The van der Waals surface area contributed by atoms with Crippen LogP contribution in [0.15, 0.2) is 30.3 Å². The van der Waals surface area contributed by atoms with E-state index in [1.165, 1.54) is 12.8 Å². The van der Waals surface area contributed by atoms with E-state index in [9.17, 15) is 4.79 Å². The zero-order chi connectivity index (χ0) is 13.9. The van der Waals surface area contributed by atoms with Gasteiger partial charge in [0.2, 0.25) is 5.91 Å². The van der Waals surface area contributed by atoms with Crippen LogP contribution in [0.5, 0.6) is 0 Å². The van der Waals surface area contributed by atoms with Crippen LogP contribution in [0.1, 0.15) is 31.4 Å². The van der Waals surface area contributed by atoms with Gasteiger partial charge in [-0.05, 0) is 38.0 Å². The van der Waals surface area contributed by atoms with Gasteiger partial charge < -0.3 is 5.32 Å². The summed E-state index contributed by atoms with van der Waals surface area (Å²) in [6.07, 6.45) is 4.40. The van der Waals surface area contributed by atoms with Gasteiger partial charge in [0.05, 0.1) is 5.69 Å². The van der Waals surface area contributed by atoms with Crippen LogP contribution >= 0.6 is 0 Å². The molecule has 1 aromatic carbocycles. The Morgan fingerprint density at radius 3 is 2.55 bits per heavy atom. The molecule has 0 bridgehead atoms. The Morgan fingerprint density at radius 2 is 1.95 bits per heavy atom. The van der Waals surface area contributed by atoms with Gasteiger partial charge in [0, 0.05) is 22.9 Å². The van der Waals surface area contributed by atoms with Crippen LogP contribution in [0.3, 0.4) is 0 Å². The number of rotatable bonds is 3. The van der Waals surface area contributed by atoms with Crippen LogP contribution in [0.4, 0.5) is 5.69 Å². The summed E-state index contributed by atoms with van der Waals surface area (Å²) in [5.74, 6) is 0.356. The van der Waals surface area contributed by atoms with Gasteiger partial charge in [-0.3, -0.25) is 9.89 Å². The first-order valence-electron chi connectivity index (χ1n) is 7.16. The van der Waals surface area contributed by atoms with E-state index >= 15 is 0 Å². The first kappa shape index (κ1) is 12.9. The number of aryl methyl sites for hydroxylation is 1.